The molecule has 0 saturated carbocycles. The molecule has 4 aromatic carbocycles. The average Bonchev–Trinajstić information content (AvgIpc) is 3.05. The molecule has 1 atom stereocenters. The van der Waals surface area contributed by atoms with Gasteiger partial charge in [0.25, 0.3) is 0 Å². The van der Waals surface area contributed by atoms with Crippen LogP contribution in [0.3, 0.4) is 0 Å². The Morgan fingerprint density at radius 1 is 0.727 bits per heavy atom. The van der Waals surface area contributed by atoms with Gasteiger partial charge in [-0.2, -0.15) is 0 Å². The molecule has 0 bridgehead atoms. The first-order valence-electron chi connectivity index (χ1n) is 14.0. The summed E-state index contributed by atoms with van der Waals surface area (Å²) in [5.41, 5.74) is 0.993. The van der Waals surface area contributed by atoms with E-state index in [0.29, 0.717) is 56.9 Å². The molecule has 0 radical (unpaired) electrons. The summed E-state index contributed by atoms with van der Waals surface area (Å²) in [4.78, 5) is 0.803. The molecule has 230 valence electrons. The summed E-state index contributed by atoms with van der Waals surface area (Å²) >= 11 is 1.58. The molecule has 44 heavy (non-hydrogen) atoms. The van der Waals surface area contributed by atoms with Crippen molar-refractivity contribution in [3.63, 3.8) is 0 Å². The zero-order chi connectivity index (χ0) is 31.7. The fourth-order valence-corrected chi connectivity index (χ4v) is 5.72. The van der Waals surface area contributed by atoms with Crippen molar-refractivity contribution in [2.24, 2.45) is 0 Å². The van der Waals surface area contributed by atoms with Crippen LogP contribution in [0.2, 0.25) is 0 Å². The van der Waals surface area contributed by atoms with E-state index in [1.54, 1.807) is 50.2 Å². The van der Waals surface area contributed by atoms with Crippen molar-refractivity contribution in [3.8, 4) is 46.3 Å². The van der Waals surface area contributed by atoms with Crippen LogP contribution >= 0.6 is 11.8 Å². The van der Waals surface area contributed by atoms with Crippen molar-refractivity contribution >= 4 is 11.8 Å². The fourth-order valence-electron chi connectivity index (χ4n) is 4.63. The van der Waals surface area contributed by atoms with Crippen molar-refractivity contribution in [3.05, 3.63) is 101 Å². The number of methoxy groups -OCH3 is 5. The van der Waals surface area contributed by atoms with Crippen LogP contribution in [-0.4, -0.2) is 46.8 Å². The van der Waals surface area contributed by atoms with Crippen LogP contribution in [0.1, 0.15) is 36.1 Å². The summed E-state index contributed by atoms with van der Waals surface area (Å²) in [5.74, 6) is 10.1. The van der Waals surface area contributed by atoms with E-state index in [9.17, 15) is 5.11 Å². The number of benzene rings is 4. The molecule has 0 amide bonds. The molecule has 0 aliphatic carbocycles. The molecular formula is C36H38O7S. The minimum Gasteiger partial charge on any atom is -0.497 e. The normalized spacial score (nSPS) is 12.0. The van der Waals surface area contributed by atoms with Crippen molar-refractivity contribution in [2.45, 2.75) is 36.2 Å². The Balaban J connectivity index is 1.94. The average molecular weight is 615 g/mol. The Morgan fingerprint density at radius 2 is 1.41 bits per heavy atom. The van der Waals surface area contributed by atoms with Crippen LogP contribution in [0.4, 0.5) is 0 Å². The molecule has 1 N–H and O–H groups in total. The van der Waals surface area contributed by atoms with Gasteiger partial charge in [0, 0.05) is 27.3 Å². The van der Waals surface area contributed by atoms with Gasteiger partial charge in [-0.05, 0) is 67.9 Å². The van der Waals surface area contributed by atoms with E-state index in [2.05, 4.69) is 24.0 Å². The molecule has 7 nitrogen and oxygen atoms in total. The Kier molecular flexibility index (Phi) is 10.9. The second-order valence-electron chi connectivity index (χ2n) is 10.0. The van der Waals surface area contributed by atoms with E-state index in [1.165, 1.54) is 21.3 Å². The maximum Gasteiger partial charge on any atom is 0.203 e. The third-order valence-electron chi connectivity index (χ3n) is 6.81. The van der Waals surface area contributed by atoms with Gasteiger partial charge in [0.1, 0.15) is 5.75 Å². The lowest BCUT2D eigenvalue weighted by atomic mass is 9.86. The maximum atomic E-state index is 12.7. The van der Waals surface area contributed by atoms with Crippen LogP contribution in [0, 0.1) is 11.8 Å². The standard InChI is InChI=1S/C36H38O7S/c1-24(2)43-31-19-25(13-16-30(31)39-4)17-18-36(37,27-20-32(40-5)35(42-7)33(21-27)41-6)29-15-14-28(38-3)22-34(29)44-23-26-11-9-8-10-12-26/h8-16,19-22,24,37H,23H2,1-7H3. The second-order valence-corrected chi connectivity index (χ2v) is 11.1. The smallest absolute Gasteiger partial charge is 0.203 e. The summed E-state index contributed by atoms with van der Waals surface area (Å²) in [6, 6.07) is 24.6. The van der Waals surface area contributed by atoms with Crippen molar-refractivity contribution in [1.29, 1.82) is 0 Å². The molecule has 0 spiro atoms. The van der Waals surface area contributed by atoms with Crippen LogP contribution < -0.4 is 28.4 Å². The summed E-state index contributed by atoms with van der Waals surface area (Å²) in [7, 11) is 7.82. The lowest BCUT2D eigenvalue weighted by Crippen LogP contribution is -2.26. The minimum absolute atomic E-state index is 0.0632. The number of ether oxygens (including phenoxy) is 6. The van der Waals surface area contributed by atoms with Crippen LogP contribution in [0.25, 0.3) is 0 Å². The molecule has 0 aromatic heterocycles. The molecule has 0 aliphatic rings. The molecule has 0 heterocycles. The Bertz CT molecular complexity index is 1600. The molecular weight excluding hydrogens is 576 g/mol. The number of hydrogen-bond donors (Lipinski definition) is 1. The van der Waals surface area contributed by atoms with Gasteiger partial charge in [0.2, 0.25) is 5.75 Å². The SMILES string of the molecule is COc1ccc(C(O)(C#Cc2ccc(OC)c(OC(C)C)c2)c2cc(OC)c(OC)c(OC)c2)c(SCc2ccccc2)c1. The number of hydrogen-bond acceptors (Lipinski definition) is 8. The highest BCUT2D eigenvalue weighted by Gasteiger charge is 2.35. The van der Waals surface area contributed by atoms with Crippen LogP contribution in [-0.2, 0) is 11.4 Å². The lowest BCUT2D eigenvalue weighted by Gasteiger charge is -2.28. The van der Waals surface area contributed by atoms with Gasteiger partial charge in [-0.3, -0.25) is 0 Å². The summed E-state index contributed by atoms with van der Waals surface area (Å²) in [6.07, 6.45) is -0.0632. The topological polar surface area (TPSA) is 75.6 Å². The lowest BCUT2D eigenvalue weighted by molar-refractivity contribution is 0.141. The first-order valence-corrected chi connectivity index (χ1v) is 15.0. The van der Waals surface area contributed by atoms with Crippen LogP contribution in [0.15, 0.2) is 83.8 Å². The zero-order valence-electron chi connectivity index (χ0n) is 26.1. The first-order chi connectivity index (χ1) is 21.3. The van der Waals surface area contributed by atoms with Crippen molar-refractivity contribution in [2.75, 3.05) is 35.5 Å². The maximum absolute atomic E-state index is 12.7. The van der Waals surface area contributed by atoms with Crippen molar-refractivity contribution in [1.82, 2.24) is 0 Å². The van der Waals surface area contributed by atoms with E-state index in [4.69, 9.17) is 28.4 Å². The third-order valence-corrected chi connectivity index (χ3v) is 7.94. The monoisotopic (exact) mass is 614 g/mol. The predicted molar refractivity (Wildman–Crippen MR) is 174 cm³/mol. The highest BCUT2D eigenvalue weighted by Crippen LogP contribution is 2.45. The molecule has 4 rings (SSSR count). The number of aliphatic hydroxyl groups is 1. The van der Waals surface area contributed by atoms with E-state index in [1.807, 2.05) is 56.3 Å². The molecule has 0 saturated heterocycles. The molecule has 0 fully saturated rings. The van der Waals surface area contributed by atoms with Crippen molar-refractivity contribution < 1.29 is 33.5 Å². The van der Waals surface area contributed by atoms with E-state index in [-0.39, 0.29) is 6.10 Å². The first kappa shape index (κ1) is 32.5. The van der Waals surface area contributed by atoms with Gasteiger partial charge >= 0.3 is 0 Å². The molecule has 0 aliphatic heterocycles. The number of thioether (sulfide) groups is 1. The van der Waals surface area contributed by atoms with Crippen LogP contribution in [0.5, 0.6) is 34.5 Å². The van der Waals surface area contributed by atoms with Gasteiger partial charge in [0.05, 0.1) is 41.7 Å². The largest absolute Gasteiger partial charge is 0.497 e. The van der Waals surface area contributed by atoms with E-state index >= 15 is 0 Å². The number of rotatable bonds is 12. The molecule has 8 heteroatoms. The zero-order valence-corrected chi connectivity index (χ0v) is 26.9. The Labute approximate surface area is 264 Å². The third kappa shape index (κ3) is 7.36. The molecule has 1 unspecified atom stereocenters. The summed E-state index contributed by atoms with van der Waals surface area (Å²) in [5, 5.41) is 12.7. The van der Waals surface area contributed by atoms with Gasteiger partial charge in [-0.1, -0.05) is 42.2 Å². The summed E-state index contributed by atoms with van der Waals surface area (Å²) in [6.45, 7) is 3.89. The highest BCUT2D eigenvalue weighted by molar-refractivity contribution is 7.98. The fraction of sp³-hybridized carbons (Fsp3) is 0.278. The Morgan fingerprint density at radius 3 is 2.00 bits per heavy atom. The minimum atomic E-state index is -1.81. The van der Waals surface area contributed by atoms with Gasteiger partial charge in [-0.25, -0.2) is 0 Å². The summed E-state index contributed by atoms with van der Waals surface area (Å²) < 4.78 is 33.9. The Hall–Kier alpha value is -4.45. The van der Waals surface area contributed by atoms with Gasteiger partial charge in [-0.15, -0.1) is 11.8 Å². The predicted octanol–water partition coefficient (Wildman–Crippen LogP) is 7.10. The van der Waals surface area contributed by atoms with Gasteiger partial charge in [0.15, 0.2) is 28.6 Å². The van der Waals surface area contributed by atoms with E-state index < -0.39 is 5.60 Å². The van der Waals surface area contributed by atoms with E-state index in [0.717, 1.165) is 10.5 Å². The van der Waals surface area contributed by atoms with Gasteiger partial charge < -0.3 is 33.5 Å². The highest BCUT2D eigenvalue weighted by atomic mass is 32.2. The second kappa shape index (κ2) is 14.8. The molecule has 4 aromatic rings. The quantitative estimate of drug-likeness (QED) is 0.134.